The molecule has 0 fully saturated rings. The molecule has 0 saturated heterocycles. The molecule has 0 spiro atoms. The molecule has 6 heteroatoms. The SMILES string of the molecule is COc1ccc2nc(C(=O)NCc3ccc(-c4ccncc4)cc3)sc2c1. The van der Waals surface area contributed by atoms with Gasteiger partial charge in [0, 0.05) is 18.9 Å². The van der Waals surface area contributed by atoms with E-state index in [-0.39, 0.29) is 5.91 Å². The van der Waals surface area contributed by atoms with Crippen LogP contribution < -0.4 is 10.1 Å². The Labute approximate surface area is 160 Å². The average molecular weight is 375 g/mol. The summed E-state index contributed by atoms with van der Waals surface area (Å²) in [6, 6.07) is 17.6. The first-order valence-corrected chi connectivity index (χ1v) is 9.27. The van der Waals surface area contributed by atoms with Gasteiger partial charge in [-0.1, -0.05) is 24.3 Å². The summed E-state index contributed by atoms with van der Waals surface area (Å²) in [6.07, 6.45) is 3.55. The van der Waals surface area contributed by atoms with E-state index >= 15 is 0 Å². The van der Waals surface area contributed by atoms with Gasteiger partial charge in [0.25, 0.3) is 5.91 Å². The van der Waals surface area contributed by atoms with Gasteiger partial charge in [-0.05, 0) is 47.0 Å². The number of amides is 1. The first kappa shape index (κ1) is 17.2. The van der Waals surface area contributed by atoms with Gasteiger partial charge in [0.2, 0.25) is 0 Å². The fraction of sp³-hybridized carbons (Fsp3) is 0.0952. The third kappa shape index (κ3) is 3.80. The highest BCUT2D eigenvalue weighted by molar-refractivity contribution is 7.20. The third-order valence-corrected chi connectivity index (χ3v) is 5.23. The van der Waals surface area contributed by atoms with Crippen LogP contribution in [0.4, 0.5) is 0 Å². The molecule has 2 heterocycles. The Bertz CT molecular complexity index is 1080. The van der Waals surface area contributed by atoms with Crippen LogP contribution in [0.5, 0.6) is 5.75 Å². The number of methoxy groups -OCH3 is 1. The Hall–Kier alpha value is -3.25. The van der Waals surface area contributed by atoms with Gasteiger partial charge in [0.05, 0.1) is 17.3 Å². The predicted octanol–water partition coefficient (Wildman–Crippen LogP) is 4.30. The minimum Gasteiger partial charge on any atom is -0.497 e. The van der Waals surface area contributed by atoms with Crippen LogP contribution in [0.1, 0.15) is 15.4 Å². The van der Waals surface area contributed by atoms with E-state index in [1.54, 1.807) is 19.5 Å². The molecule has 0 saturated carbocycles. The van der Waals surface area contributed by atoms with Crippen molar-refractivity contribution >= 4 is 27.5 Å². The van der Waals surface area contributed by atoms with Crippen molar-refractivity contribution in [2.75, 3.05) is 7.11 Å². The second kappa shape index (κ2) is 7.55. The average Bonchev–Trinajstić information content (AvgIpc) is 3.16. The monoisotopic (exact) mass is 375 g/mol. The Kier molecular flexibility index (Phi) is 4.80. The Morgan fingerprint density at radius 1 is 1.04 bits per heavy atom. The fourth-order valence-corrected chi connectivity index (χ4v) is 3.66. The number of nitrogens with one attached hydrogen (secondary N) is 1. The third-order valence-electron chi connectivity index (χ3n) is 4.21. The van der Waals surface area contributed by atoms with Gasteiger partial charge in [0.1, 0.15) is 5.75 Å². The quantitative estimate of drug-likeness (QED) is 0.565. The van der Waals surface area contributed by atoms with Gasteiger partial charge in [-0.15, -0.1) is 11.3 Å². The molecule has 1 N–H and O–H groups in total. The van der Waals surface area contributed by atoms with Crippen LogP contribution in [0.3, 0.4) is 0 Å². The zero-order chi connectivity index (χ0) is 18.6. The smallest absolute Gasteiger partial charge is 0.280 e. The Morgan fingerprint density at radius 3 is 2.52 bits per heavy atom. The van der Waals surface area contributed by atoms with Crippen LogP contribution in [-0.4, -0.2) is 23.0 Å². The number of aromatic nitrogens is 2. The van der Waals surface area contributed by atoms with Crippen molar-refractivity contribution in [1.29, 1.82) is 0 Å². The van der Waals surface area contributed by atoms with Crippen molar-refractivity contribution in [3.05, 3.63) is 77.6 Å². The van der Waals surface area contributed by atoms with Crippen LogP contribution in [0.15, 0.2) is 67.0 Å². The van der Waals surface area contributed by atoms with E-state index < -0.39 is 0 Å². The molecule has 4 rings (SSSR count). The summed E-state index contributed by atoms with van der Waals surface area (Å²) in [7, 11) is 1.62. The predicted molar refractivity (Wildman–Crippen MR) is 107 cm³/mol. The molecule has 0 bridgehead atoms. The van der Waals surface area contributed by atoms with Crippen LogP contribution >= 0.6 is 11.3 Å². The van der Waals surface area contributed by atoms with Gasteiger partial charge in [0.15, 0.2) is 5.01 Å². The first-order valence-electron chi connectivity index (χ1n) is 8.45. The summed E-state index contributed by atoms with van der Waals surface area (Å²) < 4.78 is 6.15. The summed E-state index contributed by atoms with van der Waals surface area (Å²) in [6.45, 7) is 0.453. The molecule has 5 nitrogen and oxygen atoms in total. The molecular weight excluding hydrogens is 358 g/mol. The van der Waals surface area contributed by atoms with Crippen molar-refractivity contribution in [2.45, 2.75) is 6.54 Å². The maximum Gasteiger partial charge on any atom is 0.280 e. The topological polar surface area (TPSA) is 64.1 Å². The van der Waals surface area contributed by atoms with Crippen LogP contribution in [0.2, 0.25) is 0 Å². The summed E-state index contributed by atoms with van der Waals surface area (Å²) >= 11 is 1.36. The van der Waals surface area contributed by atoms with Crippen LogP contribution in [0.25, 0.3) is 21.3 Å². The Balaban J connectivity index is 1.43. The highest BCUT2D eigenvalue weighted by Crippen LogP contribution is 2.26. The molecule has 4 aromatic rings. The lowest BCUT2D eigenvalue weighted by molar-refractivity contribution is 0.0950. The molecule has 0 aliphatic heterocycles. The molecule has 0 unspecified atom stereocenters. The number of ether oxygens (including phenoxy) is 1. The van der Waals surface area contributed by atoms with E-state index in [1.165, 1.54) is 11.3 Å². The van der Waals surface area contributed by atoms with Crippen LogP contribution in [-0.2, 0) is 6.54 Å². The van der Waals surface area contributed by atoms with E-state index in [0.29, 0.717) is 11.6 Å². The van der Waals surface area contributed by atoms with Crippen molar-refractivity contribution in [3.8, 4) is 16.9 Å². The zero-order valence-electron chi connectivity index (χ0n) is 14.7. The zero-order valence-corrected chi connectivity index (χ0v) is 15.5. The molecule has 0 radical (unpaired) electrons. The van der Waals surface area contributed by atoms with E-state index in [2.05, 4.69) is 15.3 Å². The van der Waals surface area contributed by atoms with E-state index in [4.69, 9.17) is 4.74 Å². The largest absolute Gasteiger partial charge is 0.497 e. The number of nitrogens with zero attached hydrogens (tertiary/aromatic N) is 2. The molecule has 27 heavy (non-hydrogen) atoms. The number of pyridine rings is 1. The van der Waals surface area contributed by atoms with Crippen LogP contribution in [0, 0.1) is 0 Å². The molecule has 0 atom stereocenters. The van der Waals surface area contributed by atoms with E-state index in [9.17, 15) is 4.79 Å². The minimum atomic E-state index is -0.173. The number of hydrogen-bond donors (Lipinski definition) is 1. The number of benzene rings is 2. The van der Waals surface area contributed by atoms with Gasteiger partial charge in [-0.2, -0.15) is 0 Å². The van der Waals surface area contributed by atoms with Crippen molar-refractivity contribution in [2.24, 2.45) is 0 Å². The summed E-state index contributed by atoms with van der Waals surface area (Å²) in [4.78, 5) is 20.9. The summed E-state index contributed by atoms with van der Waals surface area (Å²) in [5.74, 6) is 0.584. The normalized spacial score (nSPS) is 10.7. The van der Waals surface area contributed by atoms with Crippen molar-refractivity contribution < 1.29 is 9.53 Å². The highest BCUT2D eigenvalue weighted by atomic mass is 32.1. The lowest BCUT2D eigenvalue weighted by Crippen LogP contribution is -2.22. The second-order valence-corrected chi connectivity index (χ2v) is 7.00. The molecule has 1 amide bonds. The van der Waals surface area contributed by atoms with Gasteiger partial charge < -0.3 is 10.1 Å². The van der Waals surface area contributed by atoms with E-state index in [0.717, 1.165) is 32.7 Å². The maximum atomic E-state index is 12.4. The number of fused-ring (bicyclic) bond motifs is 1. The van der Waals surface area contributed by atoms with Crippen molar-refractivity contribution in [3.63, 3.8) is 0 Å². The highest BCUT2D eigenvalue weighted by Gasteiger charge is 2.12. The Morgan fingerprint density at radius 2 is 1.78 bits per heavy atom. The number of hydrogen-bond acceptors (Lipinski definition) is 5. The van der Waals surface area contributed by atoms with Crippen molar-refractivity contribution in [1.82, 2.24) is 15.3 Å². The fourth-order valence-electron chi connectivity index (χ4n) is 2.75. The second-order valence-electron chi connectivity index (χ2n) is 5.97. The first-order chi connectivity index (χ1) is 13.2. The number of rotatable bonds is 5. The number of carbonyl (C=O) groups excluding carboxylic acids is 1. The summed E-state index contributed by atoms with van der Waals surface area (Å²) in [5, 5.41) is 3.38. The lowest BCUT2D eigenvalue weighted by atomic mass is 10.1. The molecule has 2 aromatic heterocycles. The van der Waals surface area contributed by atoms with Gasteiger partial charge in [-0.3, -0.25) is 9.78 Å². The molecule has 134 valence electrons. The number of thiazole rings is 1. The maximum absolute atomic E-state index is 12.4. The van der Waals surface area contributed by atoms with E-state index in [1.807, 2.05) is 54.6 Å². The minimum absolute atomic E-state index is 0.173. The summed E-state index contributed by atoms with van der Waals surface area (Å²) in [5.41, 5.74) is 4.06. The van der Waals surface area contributed by atoms with Gasteiger partial charge >= 0.3 is 0 Å². The molecule has 0 aliphatic carbocycles. The molecule has 0 aliphatic rings. The molecular formula is C21H17N3O2S. The molecule has 2 aromatic carbocycles. The standard InChI is InChI=1S/C21H17N3O2S/c1-26-17-6-7-18-19(12-17)27-21(24-18)20(25)23-13-14-2-4-15(5-3-14)16-8-10-22-11-9-16/h2-12H,13H2,1H3,(H,23,25). The number of carbonyl (C=O) groups is 1. The van der Waals surface area contributed by atoms with Gasteiger partial charge in [-0.25, -0.2) is 4.98 Å². The lowest BCUT2D eigenvalue weighted by Gasteiger charge is -2.05.